The third kappa shape index (κ3) is 3.56. The van der Waals surface area contributed by atoms with Gasteiger partial charge in [-0.05, 0) is 13.0 Å². The average Bonchev–Trinajstić information content (AvgIpc) is 3.26. The number of nitrogens with one attached hydrogen (secondary N) is 2. The van der Waals surface area contributed by atoms with E-state index in [4.69, 9.17) is 15.2 Å². The molecule has 9 heteroatoms. The van der Waals surface area contributed by atoms with Crippen LogP contribution in [0.4, 0.5) is 5.00 Å². The van der Waals surface area contributed by atoms with Crippen LogP contribution >= 0.6 is 11.3 Å². The Labute approximate surface area is 164 Å². The van der Waals surface area contributed by atoms with Crippen molar-refractivity contribution in [1.82, 2.24) is 10.3 Å². The number of H-pyrrole nitrogens is 1. The number of carbonyl (C=O) groups is 3. The largest absolute Gasteiger partial charge is 0.462 e. The summed E-state index contributed by atoms with van der Waals surface area (Å²) in [5.41, 5.74) is 7.37. The Bertz CT molecular complexity index is 1050. The van der Waals surface area contributed by atoms with E-state index in [0.717, 1.165) is 22.2 Å². The van der Waals surface area contributed by atoms with Crippen molar-refractivity contribution in [3.8, 4) is 0 Å². The van der Waals surface area contributed by atoms with E-state index in [1.807, 2.05) is 18.2 Å². The number of hydrogen-bond acceptors (Lipinski definition) is 7. The maximum Gasteiger partial charge on any atom is 0.341 e. The van der Waals surface area contributed by atoms with Gasteiger partial charge in [-0.15, -0.1) is 11.3 Å². The van der Waals surface area contributed by atoms with E-state index >= 15 is 0 Å². The Morgan fingerprint density at radius 3 is 2.64 bits per heavy atom. The second kappa shape index (κ2) is 8.13. The minimum absolute atomic E-state index is 0.0529. The molecule has 1 amide bonds. The van der Waals surface area contributed by atoms with E-state index in [1.165, 1.54) is 7.05 Å². The summed E-state index contributed by atoms with van der Waals surface area (Å²) in [7, 11) is 1.46. The zero-order chi connectivity index (χ0) is 20.3. The number of benzene rings is 1. The average molecular weight is 401 g/mol. The number of para-hydroxylation sites is 1. The molecule has 0 aliphatic heterocycles. The van der Waals surface area contributed by atoms with Crippen LogP contribution in [0.1, 0.15) is 42.9 Å². The van der Waals surface area contributed by atoms with Gasteiger partial charge in [-0.3, -0.25) is 4.79 Å². The number of carbonyl (C=O) groups excluding carboxylic acids is 3. The van der Waals surface area contributed by atoms with Gasteiger partial charge in [0.15, 0.2) is 0 Å². The molecule has 28 heavy (non-hydrogen) atoms. The molecule has 0 atom stereocenters. The first-order chi connectivity index (χ1) is 13.5. The van der Waals surface area contributed by atoms with Gasteiger partial charge >= 0.3 is 11.9 Å². The third-order valence-electron chi connectivity index (χ3n) is 4.10. The summed E-state index contributed by atoms with van der Waals surface area (Å²) < 4.78 is 10.4. The molecule has 3 aromatic rings. The van der Waals surface area contributed by atoms with Crippen LogP contribution in [0.3, 0.4) is 0 Å². The molecule has 0 fully saturated rings. The molecule has 0 spiro atoms. The van der Waals surface area contributed by atoms with Crippen molar-refractivity contribution in [2.45, 2.75) is 13.5 Å². The van der Waals surface area contributed by atoms with E-state index in [9.17, 15) is 14.4 Å². The van der Waals surface area contributed by atoms with E-state index in [0.29, 0.717) is 5.56 Å². The first-order valence-electron chi connectivity index (χ1n) is 8.51. The molecular formula is C19H19N3O5S. The van der Waals surface area contributed by atoms with Gasteiger partial charge in [-0.2, -0.15) is 0 Å². The van der Waals surface area contributed by atoms with Crippen molar-refractivity contribution >= 4 is 45.1 Å². The molecule has 3 rings (SSSR count). The lowest BCUT2D eigenvalue weighted by Gasteiger charge is -2.08. The lowest BCUT2D eigenvalue weighted by molar-refractivity contribution is 0.0451. The number of hydrogen-bond donors (Lipinski definition) is 3. The van der Waals surface area contributed by atoms with Gasteiger partial charge in [0.05, 0.1) is 12.2 Å². The highest BCUT2D eigenvalue weighted by atomic mass is 32.1. The molecule has 8 nitrogen and oxygen atoms in total. The maximum atomic E-state index is 12.6. The molecule has 0 radical (unpaired) electrons. The number of esters is 2. The standard InChI is InChI=1S/C19H19N3O5S/c1-3-26-19(25)14-12(15(17(23)21-2)28-16(14)20)9-27-18(24)11-8-22-13-7-5-4-6-10(11)13/h4-8,22H,3,9,20H2,1-2H3,(H,21,23). The number of fused-ring (bicyclic) bond motifs is 1. The number of amides is 1. The molecule has 4 N–H and O–H groups in total. The molecule has 0 bridgehead atoms. The Kier molecular flexibility index (Phi) is 5.65. The molecule has 0 aliphatic carbocycles. The SMILES string of the molecule is CCOC(=O)c1c(N)sc(C(=O)NC)c1COC(=O)c1c[nH]c2ccccc12. The summed E-state index contributed by atoms with van der Waals surface area (Å²) in [6, 6.07) is 7.30. The topological polar surface area (TPSA) is 124 Å². The summed E-state index contributed by atoms with van der Waals surface area (Å²) in [6.07, 6.45) is 1.56. The normalized spacial score (nSPS) is 10.6. The van der Waals surface area contributed by atoms with Crippen LogP contribution in [0.2, 0.25) is 0 Å². The number of rotatable bonds is 6. The molecule has 2 heterocycles. The zero-order valence-electron chi connectivity index (χ0n) is 15.3. The van der Waals surface area contributed by atoms with E-state index in [1.54, 1.807) is 19.2 Å². The molecule has 0 saturated heterocycles. The highest BCUT2D eigenvalue weighted by Crippen LogP contribution is 2.33. The molecular weight excluding hydrogens is 382 g/mol. The minimum Gasteiger partial charge on any atom is -0.462 e. The fourth-order valence-corrected chi connectivity index (χ4v) is 3.81. The highest BCUT2D eigenvalue weighted by Gasteiger charge is 2.27. The van der Waals surface area contributed by atoms with Gasteiger partial charge in [-0.25, -0.2) is 9.59 Å². The first-order valence-corrected chi connectivity index (χ1v) is 9.33. The van der Waals surface area contributed by atoms with Gasteiger partial charge in [0.2, 0.25) is 0 Å². The number of nitrogen functional groups attached to an aromatic ring is 1. The number of nitrogens with two attached hydrogens (primary N) is 1. The summed E-state index contributed by atoms with van der Waals surface area (Å²) in [4.78, 5) is 40.2. The van der Waals surface area contributed by atoms with Crippen molar-refractivity contribution in [3.05, 3.63) is 52.0 Å². The second-order valence-electron chi connectivity index (χ2n) is 5.77. The van der Waals surface area contributed by atoms with Crippen molar-refractivity contribution in [3.63, 3.8) is 0 Å². The summed E-state index contributed by atoms with van der Waals surface area (Å²) in [5, 5.41) is 3.34. The van der Waals surface area contributed by atoms with Gasteiger partial charge < -0.3 is 25.5 Å². The number of aromatic amines is 1. The number of thiophene rings is 1. The first kappa shape index (κ1) is 19.4. The van der Waals surface area contributed by atoms with Gasteiger partial charge in [0, 0.05) is 29.7 Å². The van der Waals surface area contributed by atoms with Crippen molar-refractivity contribution in [1.29, 1.82) is 0 Å². The second-order valence-corrected chi connectivity index (χ2v) is 6.82. The van der Waals surface area contributed by atoms with Crippen LogP contribution in [0, 0.1) is 0 Å². The quantitative estimate of drug-likeness (QED) is 0.546. The minimum atomic E-state index is -0.662. The summed E-state index contributed by atoms with van der Waals surface area (Å²) in [5.74, 6) is -1.67. The Morgan fingerprint density at radius 1 is 1.18 bits per heavy atom. The lowest BCUT2D eigenvalue weighted by Crippen LogP contribution is -2.19. The predicted octanol–water partition coefficient (Wildman–Crippen LogP) is 2.70. The zero-order valence-corrected chi connectivity index (χ0v) is 16.1. The summed E-state index contributed by atoms with van der Waals surface area (Å²) >= 11 is 0.947. The Hall–Kier alpha value is -3.33. The molecule has 0 aliphatic rings. The summed E-state index contributed by atoms with van der Waals surface area (Å²) in [6.45, 7) is 1.53. The number of ether oxygens (including phenoxy) is 2. The molecule has 0 saturated carbocycles. The van der Waals surface area contributed by atoms with Gasteiger partial charge in [0.1, 0.15) is 22.0 Å². The molecule has 1 aromatic carbocycles. The van der Waals surface area contributed by atoms with Crippen LogP contribution in [-0.2, 0) is 16.1 Å². The fraction of sp³-hybridized carbons (Fsp3) is 0.211. The van der Waals surface area contributed by atoms with Gasteiger partial charge in [-0.1, -0.05) is 18.2 Å². The van der Waals surface area contributed by atoms with Crippen LogP contribution in [-0.4, -0.2) is 36.5 Å². The van der Waals surface area contributed by atoms with Crippen LogP contribution in [0.15, 0.2) is 30.5 Å². The van der Waals surface area contributed by atoms with Crippen molar-refractivity contribution in [2.24, 2.45) is 0 Å². The van der Waals surface area contributed by atoms with E-state index in [-0.39, 0.29) is 34.2 Å². The number of aromatic nitrogens is 1. The van der Waals surface area contributed by atoms with E-state index in [2.05, 4.69) is 10.3 Å². The molecule has 0 unspecified atom stereocenters. The predicted molar refractivity (Wildman–Crippen MR) is 105 cm³/mol. The maximum absolute atomic E-state index is 12.6. The van der Waals surface area contributed by atoms with Gasteiger partial charge in [0.25, 0.3) is 5.91 Å². The lowest BCUT2D eigenvalue weighted by atomic mass is 10.1. The molecule has 146 valence electrons. The van der Waals surface area contributed by atoms with Crippen molar-refractivity contribution in [2.75, 3.05) is 19.4 Å². The molecule has 2 aromatic heterocycles. The number of anilines is 1. The van der Waals surface area contributed by atoms with Crippen molar-refractivity contribution < 1.29 is 23.9 Å². The van der Waals surface area contributed by atoms with Crippen LogP contribution in [0.5, 0.6) is 0 Å². The highest BCUT2D eigenvalue weighted by molar-refractivity contribution is 7.18. The monoisotopic (exact) mass is 401 g/mol. The smallest absolute Gasteiger partial charge is 0.341 e. The van der Waals surface area contributed by atoms with Crippen LogP contribution in [0.25, 0.3) is 10.9 Å². The van der Waals surface area contributed by atoms with E-state index < -0.39 is 17.8 Å². The fourth-order valence-electron chi connectivity index (χ4n) is 2.80. The van der Waals surface area contributed by atoms with Crippen LogP contribution < -0.4 is 11.1 Å². The third-order valence-corrected chi connectivity index (χ3v) is 5.16. The Morgan fingerprint density at radius 2 is 1.93 bits per heavy atom. The Balaban J connectivity index is 1.91.